The van der Waals surface area contributed by atoms with Crippen LogP contribution in [-0.4, -0.2) is 88.0 Å². The summed E-state index contributed by atoms with van der Waals surface area (Å²) in [5.41, 5.74) is 5.25. The van der Waals surface area contributed by atoms with Crippen LogP contribution in [0.3, 0.4) is 0 Å². The number of thioether (sulfide) groups is 1. The molecule has 1 heterocycles. The third-order valence-corrected chi connectivity index (χ3v) is 5.17. The van der Waals surface area contributed by atoms with Gasteiger partial charge in [-0.3, -0.25) is 19.2 Å². The van der Waals surface area contributed by atoms with Crippen molar-refractivity contribution in [1.82, 2.24) is 15.5 Å². The molecule has 0 spiro atoms. The third-order valence-electron chi connectivity index (χ3n) is 4.53. The van der Waals surface area contributed by atoms with Crippen molar-refractivity contribution >= 4 is 41.4 Å². The molecular weight excluding hydrogens is 404 g/mol. The van der Waals surface area contributed by atoms with Gasteiger partial charge in [0.15, 0.2) is 0 Å². The zero-order valence-corrected chi connectivity index (χ0v) is 17.1. The number of nitrogens with one attached hydrogen (secondary N) is 2. The summed E-state index contributed by atoms with van der Waals surface area (Å²) in [6.45, 7) is -0.113. The minimum atomic E-state index is -1.15. The van der Waals surface area contributed by atoms with Gasteiger partial charge in [0.2, 0.25) is 17.7 Å². The van der Waals surface area contributed by atoms with Gasteiger partial charge in [-0.1, -0.05) is 0 Å². The van der Waals surface area contributed by atoms with E-state index in [0.717, 1.165) is 0 Å². The quantitative estimate of drug-likeness (QED) is 0.248. The molecule has 0 radical (unpaired) electrons. The number of rotatable bonds is 12. The highest BCUT2D eigenvalue weighted by molar-refractivity contribution is 7.98. The molecule has 12 heteroatoms. The molecule has 0 aromatic heterocycles. The summed E-state index contributed by atoms with van der Waals surface area (Å²) >= 11 is 1.45. The first-order valence-corrected chi connectivity index (χ1v) is 10.6. The number of carboxylic acid groups (broad SMARTS) is 2. The van der Waals surface area contributed by atoms with Crippen LogP contribution < -0.4 is 16.4 Å². The second kappa shape index (κ2) is 12.3. The molecule has 0 saturated carbocycles. The van der Waals surface area contributed by atoms with Gasteiger partial charge in [-0.25, -0.2) is 4.79 Å². The number of carbonyl (C=O) groups is 5. The van der Waals surface area contributed by atoms with Gasteiger partial charge in [0.25, 0.3) is 0 Å². The summed E-state index contributed by atoms with van der Waals surface area (Å²) in [5.74, 6) is -3.51. The van der Waals surface area contributed by atoms with Crippen LogP contribution in [-0.2, 0) is 24.0 Å². The van der Waals surface area contributed by atoms with Gasteiger partial charge < -0.3 is 31.5 Å². The molecule has 1 aliphatic heterocycles. The summed E-state index contributed by atoms with van der Waals surface area (Å²) in [7, 11) is 0. The van der Waals surface area contributed by atoms with Crippen molar-refractivity contribution in [2.24, 2.45) is 5.73 Å². The third kappa shape index (κ3) is 7.89. The van der Waals surface area contributed by atoms with E-state index in [1.807, 2.05) is 6.26 Å². The monoisotopic (exact) mass is 432 g/mol. The maximum atomic E-state index is 12.9. The molecule has 6 N–H and O–H groups in total. The molecule has 1 rings (SSSR count). The number of carbonyl (C=O) groups excluding carboxylic acids is 3. The van der Waals surface area contributed by atoms with Crippen LogP contribution >= 0.6 is 11.8 Å². The minimum Gasteiger partial charge on any atom is -0.481 e. The molecular formula is C17H28N4O7S. The van der Waals surface area contributed by atoms with Gasteiger partial charge in [-0.15, -0.1) is 0 Å². The highest BCUT2D eigenvalue weighted by Crippen LogP contribution is 2.20. The highest BCUT2D eigenvalue weighted by Gasteiger charge is 2.38. The van der Waals surface area contributed by atoms with E-state index in [2.05, 4.69) is 10.6 Å². The Labute approximate surface area is 172 Å². The maximum Gasteiger partial charge on any atom is 0.326 e. The summed E-state index contributed by atoms with van der Waals surface area (Å²) < 4.78 is 0. The van der Waals surface area contributed by atoms with Crippen molar-refractivity contribution in [3.63, 3.8) is 0 Å². The van der Waals surface area contributed by atoms with E-state index in [1.165, 1.54) is 16.7 Å². The first kappa shape index (κ1) is 24.7. The minimum absolute atomic E-state index is 0.143. The molecule has 0 aromatic carbocycles. The Bertz CT molecular complexity index is 631. The van der Waals surface area contributed by atoms with Gasteiger partial charge in [0, 0.05) is 13.0 Å². The van der Waals surface area contributed by atoms with Crippen molar-refractivity contribution in [2.45, 2.75) is 50.2 Å². The lowest BCUT2D eigenvalue weighted by molar-refractivity contribution is -0.145. The maximum absolute atomic E-state index is 12.9. The predicted molar refractivity (Wildman–Crippen MR) is 105 cm³/mol. The Kier molecular flexibility index (Phi) is 10.5. The topological polar surface area (TPSA) is 179 Å². The van der Waals surface area contributed by atoms with Crippen LogP contribution in [0, 0.1) is 0 Å². The Morgan fingerprint density at radius 1 is 1.14 bits per heavy atom. The molecule has 29 heavy (non-hydrogen) atoms. The second-order valence-corrected chi connectivity index (χ2v) is 7.61. The van der Waals surface area contributed by atoms with E-state index < -0.39 is 47.8 Å². The van der Waals surface area contributed by atoms with E-state index in [-0.39, 0.29) is 32.4 Å². The smallest absolute Gasteiger partial charge is 0.326 e. The van der Waals surface area contributed by atoms with E-state index >= 15 is 0 Å². The number of aliphatic carboxylic acids is 2. The zero-order chi connectivity index (χ0) is 22.0. The predicted octanol–water partition coefficient (Wildman–Crippen LogP) is -1.39. The highest BCUT2D eigenvalue weighted by atomic mass is 32.2. The summed E-state index contributed by atoms with van der Waals surface area (Å²) in [4.78, 5) is 60.6. The molecule has 1 saturated heterocycles. The Morgan fingerprint density at radius 2 is 1.83 bits per heavy atom. The number of likely N-dealkylation sites (tertiary alicyclic amines) is 1. The van der Waals surface area contributed by atoms with Crippen molar-refractivity contribution < 1.29 is 34.2 Å². The molecule has 11 nitrogen and oxygen atoms in total. The number of nitrogens with two attached hydrogens (primary N) is 1. The van der Waals surface area contributed by atoms with Crippen molar-refractivity contribution in [2.75, 3.05) is 25.1 Å². The first-order chi connectivity index (χ1) is 13.7. The average molecular weight is 432 g/mol. The van der Waals surface area contributed by atoms with E-state index in [1.54, 1.807) is 0 Å². The lowest BCUT2D eigenvalue weighted by Crippen LogP contribution is -2.55. The SMILES string of the molecule is CSCCC(NC(=O)C1CCCN1C(=O)C(CCC(=O)O)NC(=O)CN)C(=O)O. The fraction of sp³-hybridized carbons (Fsp3) is 0.706. The van der Waals surface area contributed by atoms with Crippen LogP contribution in [0.2, 0.25) is 0 Å². The number of nitrogens with zero attached hydrogens (tertiary/aromatic N) is 1. The number of amides is 3. The first-order valence-electron chi connectivity index (χ1n) is 9.25. The normalized spacial score (nSPS) is 18.0. The van der Waals surface area contributed by atoms with Crippen LogP contribution in [0.5, 0.6) is 0 Å². The van der Waals surface area contributed by atoms with Gasteiger partial charge >= 0.3 is 11.9 Å². The molecule has 1 fully saturated rings. The van der Waals surface area contributed by atoms with E-state index in [9.17, 15) is 29.1 Å². The molecule has 3 atom stereocenters. The summed E-state index contributed by atoms with van der Waals surface area (Å²) in [6, 6.07) is -3.06. The molecule has 3 unspecified atom stereocenters. The number of hydrogen-bond donors (Lipinski definition) is 5. The van der Waals surface area contributed by atoms with Gasteiger partial charge in [-0.2, -0.15) is 11.8 Å². The number of carboxylic acids is 2. The van der Waals surface area contributed by atoms with Gasteiger partial charge in [0.1, 0.15) is 18.1 Å². The van der Waals surface area contributed by atoms with Crippen molar-refractivity contribution in [3.05, 3.63) is 0 Å². The molecule has 0 bridgehead atoms. The van der Waals surface area contributed by atoms with Gasteiger partial charge in [-0.05, 0) is 37.7 Å². The van der Waals surface area contributed by atoms with E-state index in [0.29, 0.717) is 18.6 Å². The molecule has 1 aliphatic rings. The fourth-order valence-electron chi connectivity index (χ4n) is 3.04. The average Bonchev–Trinajstić information content (AvgIpc) is 3.16. The van der Waals surface area contributed by atoms with Gasteiger partial charge in [0.05, 0.1) is 6.54 Å². The van der Waals surface area contributed by atoms with Crippen LogP contribution in [0.4, 0.5) is 0 Å². The Morgan fingerprint density at radius 3 is 2.38 bits per heavy atom. The standard InChI is InChI=1S/C17H28N4O7S/c1-29-8-6-11(17(27)28)20-15(25)12-3-2-7-21(12)16(26)10(4-5-14(23)24)19-13(22)9-18/h10-12H,2-9,18H2,1H3,(H,19,22)(H,20,25)(H,23,24)(H,27,28). The van der Waals surface area contributed by atoms with Crippen molar-refractivity contribution in [1.29, 1.82) is 0 Å². The lowest BCUT2D eigenvalue weighted by atomic mass is 10.1. The number of hydrogen-bond acceptors (Lipinski definition) is 7. The van der Waals surface area contributed by atoms with Crippen LogP contribution in [0.25, 0.3) is 0 Å². The molecule has 3 amide bonds. The van der Waals surface area contributed by atoms with Crippen molar-refractivity contribution in [3.8, 4) is 0 Å². The fourth-order valence-corrected chi connectivity index (χ4v) is 3.51. The lowest BCUT2D eigenvalue weighted by Gasteiger charge is -2.29. The van der Waals surface area contributed by atoms with E-state index in [4.69, 9.17) is 10.8 Å². The Hall–Kier alpha value is -2.34. The Balaban J connectivity index is 2.88. The van der Waals surface area contributed by atoms with Crippen LogP contribution in [0.15, 0.2) is 0 Å². The molecule has 0 aliphatic carbocycles. The molecule has 164 valence electrons. The van der Waals surface area contributed by atoms with Crippen LogP contribution in [0.1, 0.15) is 32.1 Å². The summed E-state index contributed by atoms with van der Waals surface area (Å²) in [6.07, 6.45) is 2.46. The summed E-state index contributed by atoms with van der Waals surface area (Å²) in [5, 5.41) is 23.0. The zero-order valence-electron chi connectivity index (χ0n) is 16.3. The largest absolute Gasteiger partial charge is 0.481 e. The molecule has 0 aromatic rings. The second-order valence-electron chi connectivity index (χ2n) is 6.63.